The van der Waals surface area contributed by atoms with Gasteiger partial charge in [-0.3, -0.25) is 15.0 Å². The fraction of sp³-hybridized carbons (Fsp3) is 0.625. The highest BCUT2D eigenvalue weighted by atomic mass is 16.6. The van der Waals surface area contributed by atoms with E-state index in [1.807, 2.05) is 91.0 Å². The highest BCUT2D eigenvalue weighted by Crippen LogP contribution is 2.21. The minimum atomic E-state index is -0.328. The molecule has 0 amide bonds. The summed E-state index contributed by atoms with van der Waals surface area (Å²) in [6.07, 6.45) is 5.00. The maximum atomic E-state index is 6.07. The van der Waals surface area contributed by atoms with Crippen molar-refractivity contribution in [2.24, 2.45) is 0 Å². The van der Waals surface area contributed by atoms with E-state index in [4.69, 9.17) is 114 Å². The van der Waals surface area contributed by atoms with Gasteiger partial charge in [0.15, 0.2) is 0 Å². The first-order chi connectivity index (χ1) is 49.3. The van der Waals surface area contributed by atoms with Crippen molar-refractivity contribution in [2.45, 2.75) is 6.10 Å². The van der Waals surface area contributed by atoms with Gasteiger partial charge in [-0.05, 0) is 72.8 Å². The van der Waals surface area contributed by atoms with E-state index in [0.29, 0.717) is 291 Å². The standard InChI is InChI=1S/C72H107N3O24/c1-4-63-58-66(7-10-70(63)73-13-1)96-54-50-90-42-38-84-30-26-78-18-16-76-22-24-82-34-36-88-46-48-94-61-69(99-57-53-93-45-41-87-33-29-81-21-20-80-28-32-86-40-44-92-52-56-98-68-9-12-72-65(60-68)6-3-15-75-72)62-95-49-47-89-37-35-83-25-23-77-17-19-79-27-31-85-39-43-91-51-55-97-67-8-11-71-64(59-67)5-2-14-74-71/h1-15,58-60,69H,16-57,61-62H2. The molecule has 3 heterocycles. The monoisotopic (exact) mass is 1400 g/mol. The van der Waals surface area contributed by atoms with Crippen LogP contribution >= 0.6 is 0 Å². The normalized spacial score (nSPS) is 11.7. The van der Waals surface area contributed by atoms with Crippen molar-refractivity contribution < 1.29 is 114 Å². The van der Waals surface area contributed by atoms with E-state index in [1.54, 1.807) is 18.6 Å². The molecule has 0 radical (unpaired) electrons. The zero-order valence-electron chi connectivity index (χ0n) is 57.7. The molecule has 0 N–H and O–H groups in total. The summed E-state index contributed by atoms with van der Waals surface area (Å²) < 4.78 is 136. The van der Waals surface area contributed by atoms with Crippen LogP contribution in [-0.4, -0.2) is 312 Å². The summed E-state index contributed by atoms with van der Waals surface area (Å²) >= 11 is 0. The van der Waals surface area contributed by atoms with E-state index < -0.39 is 0 Å². The van der Waals surface area contributed by atoms with Crippen LogP contribution in [0.2, 0.25) is 0 Å². The first-order valence-corrected chi connectivity index (χ1v) is 34.4. The number of hydrogen-bond acceptors (Lipinski definition) is 27. The minimum Gasteiger partial charge on any atom is -0.491 e. The molecule has 0 unspecified atom stereocenters. The number of ether oxygens (including phenoxy) is 24. The molecule has 0 bridgehead atoms. The number of pyridine rings is 3. The molecular formula is C72H107N3O24. The van der Waals surface area contributed by atoms with E-state index in [0.717, 1.165) is 50.0 Å². The molecule has 0 aliphatic rings. The lowest BCUT2D eigenvalue weighted by Gasteiger charge is -2.18. The molecule has 27 heteroatoms. The second kappa shape index (κ2) is 60.1. The van der Waals surface area contributed by atoms with Gasteiger partial charge in [-0.1, -0.05) is 18.2 Å². The molecule has 0 saturated heterocycles. The van der Waals surface area contributed by atoms with Crippen LogP contribution < -0.4 is 14.2 Å². The molecule has 3 aromatic heterocycles. The van der Waals surface area contributed by atoms with Gasteiger partial charge in [0.1, 0.15) is 43.2 Å². The van der Waals surface area contributed by atoms with Crippen LogP contribution in [0.4, 0.5) is 0 Å². The summed E-state index contributed by atoms with van der Waals surface area (Å²) in [5.74, 6) is 2.37. The Morgan fingerprint density at radius 3 is 0.616 bits per heavy atom. The van der Waals surface area contributed by atoms with Crippen molar-refractivity contribution in [3.63, 3.8) is 0 Å². The summed E-state index contributed by atoms with van der Waals surface area (Å²) in [7, 11) is 0. The first kappa shape index (κ1) is 82.4. The Morgan fingerprint density at radius 2 is 0.394 bits per heavy atom. The number of nitrogens with zero attached hydrogens (tertiary/aromatic N) is 3. The maximum Gasteiger partial charge on any atom is 0.120 e. The fourth-order valence-electron chi connectivity index (χ4n) is 8.77. The summed E-state index contributed by atoms with van der Waals surface area (Å²) in [4.78, 5) is 13.0. The van der Waals surface area contributed by atoms with Crippen LogP contribution in [0.1, 0.15) is 0 Å². The van der Waals surface area contributed by atoms with Gasteiger partial charge in [-0.25, -0.2) is 0 Å². The second-order valence-corrected chi connectivity index (χ2v) is 21.3. The Hall–Kier alpha value is -5.55. The SMILES string of the molecule is c1cnc2ccc(OCCOCCOCCOCCOCCOCCOCCOCC(COCCOCCOCCOCCOCCOCCOCCOc3ccc4ncccc4c3)OCCOCCOCCOCCOCCOCCOCCOc3ccc4ncccc4c3)cc2c1. The van der Waals surface area contributed by atoms with E-state index >= 15 is 0 Å². The number of fused-ring (bicyclic) bond motifs is 3. The molecule has 0 spiro atoms. The average molecular weight is 1400 g/mol. The third kappa shape index (κ3) is 43.8. The molecular weight excluding hydrogens is 1290 g/mol. The minimum absolute atomic E-state index is 0.311. The quantitative estimate of drug-likeness (QED) is 0.0365. The predicted octanol–water partition coefficient (Wildman–Crippen LogP) is 6.59. The Morgan fingerprint density at radius 1 is 0.202 bits per heavy atom. The first-order valence-electron chi connectivity index (χ1n) is 34.4. The van der Waals surface area contributed by atoms with Gasteiger partial charge < -0.3 is 114 Å². The summed E-state index contributed by atoms with van der Waals surface area (Å²) in [5.41, 5.74) is 2.81. The largest absolute Gasteiger partial charge is 0.491 e. The molecule has 99 heavy (non-hydrogen) atoms. The predicted molar refractivity (Wildman–Crippen MR) is 368 cm³/mol. The van der Waals surface area contributed by atoms with Crippen molar-refractivity contribution in [2.75, 3.05) is 291 Å². The zero-order chi connectivity index (χ0) is 68.7. The van der Waals surface area contributed by atoms with E-state index in [1.165, 1.54) is 0 Å². The number of benzene rings is 3. The summed E-state index contributed by atoms with van der Waals surface area (Å²) in [6, 6.07) is 29.2. The van der Waals surface area contributed by atoms with Gasteiger partial charge >= 0.3 is 0 Å². The smallest absolute Gasteiger partial charge is 0.120 e. The molecule has 0 aliphatic heterocycles. The molecule has 27 nitrogen and oxygen atoms in total. The lowest BCUT2D eigenvalue weighted by atomic mass is 10.2. The van der Waals surface area contributed by atoms with E-state index in [9.17, 15) is 0 Å². The Balaban J connectivity index is 0.671. The summed E-state index contributed by atoms with van der Waals surface area (Å²) in [5, 5.41) is 3.12. The Labute approximate surface area is 582 Å². The van der Waals surface area contributed by atoms with Crippen molar-refractivity contribution >= 4 is 32.7 Å². The van der Waals surface area contributed by atoms with Crippen LogP contribution in [0.15, 0.2) is 110 Å². The molecule has 0 saturated carbocycles. The van der Waals surface area contributed by atoms with Crippen molar-refractivity contribution in [3.8, 4) is 17.2 Å². The lowest BCUT2D eigenvalue weighted by molar-refractivity contribution is -0.0876. The van der Waals surface area contributed by atoms with Crippen LogP contribution in [-0.2, 0) is 99.5 Å². The van der Waals surface area contributed by atoms with Crippen LogP contribution in [0, 0.1) is 0 Å². The molecule has 554 valence electrons. The van der Waals surface area contributed by atoms with Gasteiger partial charge in [0, 0.05) is 34.7 Å². The van der Waals surface area contributed by atoms with E-state index in [-0.39, 0.29) is 6.10 Å². The third-order valence-corrected chi connectivity index (χ3v) is 13.7. The van der Waals surface area contributed by atoms with Gasteiger partial charge in [0.2, 0.25) is 0 Å². The third-order valence-electron chi connectivity index (χ3n) is 13.7. The molecule has 6 aromatic rings. The van der Waals surface area contributed by atoms with Crippen molar-refractivity contribution in [3.05, 3.63) is 110 Å². The average Bonchev–Trinajstić information content (AvgIpc) is 0.906. The van der Waals surface area contributed by atoms with Gasteiger partial charge in [0.05, 0.1) is 287 Å². The maximum absolute atomic E-state index is 6.07. The Bertz CT molecular complexity index is 2690. The molecule has 0 fully saturated rings. The van der Waals surface area contributed by atoms with Gasteiger partial charge in [-0.15, -0.1) is 0 Å². The number of rotatable bonds is 71. The summed E-state index contributed by atoms with van der Waals surface area (Å²) in [6.45, 7) is 19.5. The number of aromatic nitrogens is 3. The van der Waals surface area contributed by atoms with Crippen molar-refractivity contribution in [1.82, 2.24) is 15.0 Å². The van der Waals surface area contributed by atoms with Crippen molar-refractivity contribution in [1.29, 1.82) is 0 Å². The molecule has 0 atom stereocenters. The van der Waals surface area contributed by atoms with E-state index in [2.05, 4.69) is 15.0 Å². The Kier molecular flexibility index (Phi) is 50.0. The highest BCUT2D eigenvalue weighted by molar-refractivity contribution is 5.81. The zero-order valence-corrected chi connectivity index (χ0v) is 57.7. The van der Waals surface area contributed by atoms with Crippen LogP contribution in [0.5, 0.6) is 17.2 Å². The highest BCUT2D eigenvalue weighted by Gasteiger charge is 2.11. The second-order valence-electron chi connectivity index (χ2n) is 21.3. The molecule has 3 aromatic carbocycles. The molecule has 6 rings (SSSR count). The van der Waals surface area contributed by atoms with Crippen LogP contribution in [0.3, 0.4) is 0 Å². The fourth-order valence-corrected chi connectivity index (χ4v) is 8.77. The lowest BCUT2D eigenvalue weighted by Crippen LogP contribution is -2.29. The number of hydrogen-bond donors (Lipinski definition) is 0. The van der Waals surface area contributed by atoms with Gasteiger partial charge in [-0.2, -0.15) is 0 Å². The van der Waals surface area contributed by atoms with Gasteiger partial charge in [0.25, 0.3) is 0 Å². The topological polar surface area (TPSA) is 260 Å². The molecule has 0 aliphatic carbocycles. The van der Waals surface area contributed by atoms with Crippen LogP contribution in [0.25, 0.3) is 32.7 Å².